The predicted molar refractivity (Wildman–Crippen MR) is 148 cm³/mol. The normalized spacial score (nSPS) is 14.8. The number of halogens is 1. The van der Waals surface area contributed by atoms with Crippen LogP contribution in [0.4, 0.5) is 9.52 Å². The number of rotatable bonds is 8. The Morgan fingerprint density at radius 3 is 2.63 bits per heavy atom. The van der Waals surface area contributed by atoms with Crippen LogP contribution < -0.4 is 10.1 Å². The van der Waals surface area contributed by atoms with Crippen LogP contribution in [0.3, 0.4) is 0 Å². The molecule has 1 aliphatic heterocycles. The molecule has 9 heteroatoms. The molecule has 0 saturated carbocycles. The third kappa shape index (κ3) is 5.54. The van der Waals surface area contributed by atoms with E-state index in [0.717, 1.165) is 59.8 Å². The van der Waals surface area contributed by atoms with E-state index >= 15 is 0 Å². The van der Waals surface area contributed by atoms with Crippen molar-refractivity contribution in [3.8, 4) is 5.75 Å². The number of aromatic nitrogens is 3. The van der Waals surface area contributed by atoms with Crippen molar-refractivity contribution in [1.29, 1.82) is 0 Å². The highest BCUT2D eigenvalue weighted by Crippen LogP contribution is 2.27. The number of piperidine rings is 1. The van der Waals surface area contributed by atoms with Gasteiger partial charge in [-0.15, -0.1) is 0 Å². The molecule has 1 saturated heterocycles. The van der Waals surface area contributed by atoms with Gasteiger partial charge < -0.3 is 14.6 Å². The molecule has 194 valence electrons. The third-order valence-corrected chi connectivity index (χ3v) is 7.89. The van der Waals surface area contributed by atoms with Crippen LogP contribution in [0, 0.1) is 11.7 Å². The molecule has 0 radical (unpaired) electrons. The maximum atomic E-state index is 13.4. The quantitative estimate of drug-likeness (QED) is 0.279. The lowest BCUT2D eigenvalue weighted by molar-refractivity contribution is -0.117. The zero-order valence-corrected chi connectivity index (χ0v) is 21.7. The molecule has 3 aromatic carbocycles. The largest absolute Gasteiger partial charge is 0.486 e. The van der Waals surface area contributed by atoms with Crippen molar-refractivity contribution in [2.45, 2.75) is 26.0 Å². The Morgan fingerprint density at radius 2 is 1.79 bits per heavy atom. The summed E-state index contributed by atoms with van der Waals surface area (Å²) < 4.78 is 22.5. The molecule has 1 aliphatic rings. The molecule has 38 heavy (non-hydrogen) atoms. The van der Waals surface area contributed by atoms with Crippen molar-refractivity contribution < 1.29 is 13.9 Å². The molecule has 0 atom stereocenters. The molecule has 0 bridgehead atoms. The van der Waals surface area contributed by atoms with E-state index in [-0.39, 0.29) is 11.7 Å². The van der Waals surface area contributed by atoms with Gasteiger partial charge in [0.05, 0.1) is 27.8 Å². The highest BCUT2D eigenvalue weighted by molar-refractivity contribution is 7.22. The summed E-state index contributed by atoms with van der Waals surface area (Å²) >= 11 is 1.29. The molecule has 1 amide bonds. The first kappa shape index (κ1) is 24.5. The lowest BCUT2D eigenvalue weighted by Crippen LogP contribution is -2.40. The van der Waals surface area contributed by atoms with Gasteiger partial charge in [-0.3, -0.25) is 9.69 Å². The van der Waals surface area contributed by atoms with Gasteiger partial charge in [-0.05, 0) is 74.3 Å². The van der Waals surface area contributed by atoms with Gasteiger partial charge in [0.2, 0.25) is 5.91 Å². The van der Waals surface area contributed by atoms with Crippen molar-refractivity contribution in [2.24, 2.45) is 5.92 Å². The monoisotopic (exact) mass is 529 g/mol. The highest BCUT2D eigenvalue weighted by Gasteiger charge is 2.23. The van der Waals surface area contributed by atoms with Gasteiger partial charge in [0.25, 0.3) is 0 Å². The summed E-state index contributed by atoms with van der Waals surface area (Å²) in [6.45, 7) is 3.31. The fourth-order valence-corrected chi connectivity index (χ4v) is 5.91. The average Bonchev–Trinajstić information content (AvgIpc) is 3.49. The van der Waals surface area contributed by atoms with Crippen LogP contribution in [0.1, 0.15) is 18.7 Å². The number of hydrogen-bond donors (Lipinski definition) is 1. The lowest BCUT2D eigenvalue weighted by Gasteiger charge is -2.31. The number of carbonyl (C=O) groups is 1. The number of nitrogens with zero attached hydrogens (tertiary/aromatic N) is 4. The fraction of sp³-hybridized carbons (Fsp3) is 0.276. The molecule has 3 heterocycles. The second-order valence-corrected chi connectivity index (χ2v) is 10.7. The van der Waals surface area contributed by atoms with Crippen LogP contribution in [0.15, 0.2) is 72.8 Å². The van der Waals surface area contributed by atoms with Crippen LogP contribution in [0.5, 0.6) is 5.75 Å². The van der Waals surface area contributed by atoms with Crippen molar-refractivity contribution >= 4 is 43.6 Å². The van der Waals surface area contributed by atoms with Crippen LogP contribution in [0.25, 0.3) is 21.3 Å². The minimum absolute atomic E-state index is 0.0936. The van der Waals surface area contributed by atoms with Crippen molar-refractivity contribution in [2.75, 3.05) is 25.0 Å². The Labute approximate surface area is 223 Å². The van der Waals surface area contributed by atoms with Gasteiger partial charge in [0, 0.05) is 6.54 Å². The Kier molecular flexibility index (Phi) is 7.02. The maximum absolute atomic E-state index is 13.4. The summed E-state index contributed by atoms with van der Waals surface area (Å²) in [6, 6.07) is 22.5. The summed E-state index contributed by atoms with van der Waals surface area (Å²) in [5.74, 6) is 1.84. The maximum Gasteiger partial charge on any atom is 0.240 e. The van der Waals surface area contributed by atoms with Gasteiger partial charge in [0.1, 0.15) is 24.0 Å². The van der Waals surface area contributed by atoms with Crippen LogP contribution in [-0.4, -0.2) is 45.0 Å². The Bertz CT molecular complexity index is 1560. The fourth-order valence-electron chi connectivity index (χ4n) is 5.00. The predicted octanol–water partition coefficient (Wildman–Crippen LogP) is 5.71. The zero-order chi connectivity index (χ0) is 25.9. The number of ether oxygens (including phenoxy) is 1. The Hall–Kier alpha value is -3.82. The first-order valence-electron chi connectivity index (χ1n) is 12.8. The molecule has 6 rings (SSSR count). The summed E-state index contributed by atoms with van der Waals surface area (Å²) in [4.78, 5) is 24.1. The second-order valence-electron chi connectivity index (χ2n) is 9.63. The van der Waals surface area contributed by atoms with Gasteiger partial charge in [-0.25, -0.2) is 14.4 Å². The van der Waals surface area contributed by atoms with E-state index in [2.05, 4.69) is 25.8 Å². The summed E-state index contributed by atoms with van der Waals surface area (Å²) in [5, 5.41) is 3.38. The number of fused-ring (bicyclic) bond motifs is 2. The number of hydrogen-bond acceptors (Lipinski definition) is 6. The molecule has 0 spiro atoms. The standard InChI is InChI=1S/C29H28FN5O2S/c30-21-10-11-24-26(16-21)38-29(32-24)33-28(36)18-34-14-12-20(13-15-34)17-35-25-9-5-4-8-23(25)31-27(35)19-37-22-6-2-1-3-7-22/h1-11,16,20H,12-15,17-19H2,(H,32,33,36). The number of para-hydroxylation sites is 3. The van der Waals surface area contributed by atoms with Gasteiger partial charge >= 0.3 is 0 Å². The van der Waals surface area contributed by atoms with E-state index in [9.17, 15) is 9.18 Å². The molecule has 0 aliphatic carbocycles. The SMILES string of the molecule is O=C(CN1CCC(Cn2c(COc3ccccc3)nc3ccccc32)CC1)Nc1nc2ccc(F)cc2s1. The average molecular weight is 530 g/mol. The van der Waals surface area contributed by atoms with Gasteiger partial charge in [-0.2, -0.15) is 0 Å². The van der Waals surface area contributed by atoms with E-state index in [4.69, 9.17) is 9.72 Å². The minimum Gasteiger partial charge on any atom is -0.486 e. The molecule has 1 N–H and O–H groups in total. The van der Waals surface area contributed by atoms with Gasteiger partial charge in [-0.1, -0.05) is 41.7 Å². The van der Waals surface area contributed by atoms with Crippen LogP contribution >= 0.6 is 11.3 Å². The van der Waals surface area contributed by atoms with Crippen molar-refractivity contribution in [1.82, 2.24) is 19.4 Å². The first-order chi connectivity index (χ1) is 18.6. The smallest absolute Gasteiger partial charge is 0.240 e. The molecular formula is C29H28FN5O2S. The van der Waals surface area contributed by atoms with Crippen LogP contribution in [0.2, 0.25) is 0 Å². The Morgan fingerprint density at radius 1 is 1.00 bits per heavy atom. The van der Waals surface area contributed by atoms with E-state index in [0.29, 0.717) is 29.7 Å². The zero-order valence-electron chi connectivity index (χ0n) is 20.8. The summed E-state index contributed by atoms with van der Waals surface area (Å²) in [6.07, 6.45) is 2.00. The number of carbonyl (C=O) groups excluding carboxylic acids is 1. The Balaban J connectivity index is 1.05. The number of nitrogens with one attached hydrogen (secondary N) is 1. The number of likely N-dealkylation sites (tertiary alicyclic amines) is 1. The number of thiazole rings is 1. The number of anilines is 1. The van der Waals surface area contributed by atoms with E-state index < -0.39 is 0 Å². The van der Waals surface area contributed by atoms with Crippen LogP contribution in [-0.2, 0) is 17.9 Å². The topological polar surface area (TPSA) is 72.3 Å². The molecule has 5 aromatic rings. The van der Waals surface area contributed by atoms with Gasteiger partial charge in [0.15, 0.2) is 5.13 Å². The number of imidazole rings is 1. The van der Waals surface area contributed by atoms with E-state index in [1.54, 1.807) is 6.07 Å². The van der Waals surface area contributed by atoms with E-state index in [1.807, 2.05) is 48.5 Å². The number of amides is 1. The third-order valence-electron chi connectivity index (χ3n) is 6.96. The van der Waals surface area contributed by atoms with Crippen molar-refractivity contribution in [3.63, 3.8) is 0 Å². The lowest BCUT2D eigenvalue weighted by atomic mass is 9.96. The van der Waals surface area contributed by atoms with Crippen molar-refractivity contribution in [3.05, 3.63) is 84.4 Å². The highest BCUT2D eigenvalue weighted by atomic mass is 32.1. The summed E-state index contributed by atoms with van der Waals surface area (Å²) in [5.41, 5.74) is 2.79. The second kappa shape index (κ2) is 10.9. The number of benzene rings is 3. The first-order valence-corrected chi connectivity index (χ1v) is 13.6. The molecule has 7 nitrogen and oxygen atoms in total. The summed E-state index contributed by atoms with van der Waals surface area (Å²) in [7, 11) is 0. The minimum atomic E-state index is -0.304. The van der Waals surface area contributed by atoms with E-state index in [1.165, 1.54) is 23.5 Å². The molecular weight excluding hydrogens is 501 g/mol. The molecule has 0 unspecified atom stereocenters. The molecule has 2 aromatic heterocycles. The molecule has 1 fully saturated rings.